The molecule has 2 heterocycles. The Hall–Kier alpha value is -1.84. The van der Waals surface area contributed by atoms with Gasteiger partial charge in [0, 0.05) is 12.2 Å². The lowest BCUT2D eigenvalue weighted by atomic mass is 10.2. The van der Waals surface area contributed by atoms with Crippen molar-refractivity contribution in [3.05, 3.63) is 35.3 Å². The smallest absolute Gasteiger partial charge is 0.226 e. The van der Waals surface area contributed by atoms with Crippen molar-refractivity contribution in [2.45, 2.75) is 39.2 Å². The standard InChI is InChI=1S/C14H17N3O/c1-9-4-3-7-17-12(10(2)15-14(9)17)8-13(18)16-11-5-6-11/h3-4,7,11H,5-6,8H2,1-2H3,(H,16,18). The third-order valence-corrected chi connectivity index (χ3v) is 3.41. The van der Waals surface area contributed by atoms with Gasteiger partial charge in [-0.2, -0.15) is 0 Å². The molecule has 1 aliphatic carbocycles. The second kappa shape index (κ2) is 4.12. The molecule has 1 saturated carbocycles. The van der Waals surface area contributed by atoms with E-state index in [1.54, 1.807) is 0 Å². The summed E-state index contributed by atoms with van der Waals surface area (Å²) in [4.78, 5) is 16.4. The number of aromatic nitrogens is 2. The molecule has 0 bridgehead atoms. The zero-order valence-electron chi connectivity index (χ0n) is 10.7. The molecule has 2 aromatic rings. The predicted molar refractivity (Wildman–Crippen MR) is 69.5 cm³/mol. The van der Waals surface area contributed by atoms with Crippen LogP contribution in [0.3, 0.4) is 0 Å². The molecule has 94 valence electrons. The second-order valence-corrected chi connectivity index (χ2v) is 5.05. The molecular weight excluding hydrogens is 226 g/mol. The number of pyridine rings is 1. The normalized spacial score (nSPS) is 15.0. The van der Waals surface area contributed by atoms with Gasteiger partial charge in [0.2, 0.25) is 5.91 Å². The average molecular weight is 243 g/mol. The number of aryl methyl sites for hydroxylation is 2. The van der Waals surface area contributed by atoms with Crippen LogP contribution in [0.1, 0.15) is 29.8 Å². The molecule has 0 aromatic carbocycles. The quantitative estimate of drug-likeness (QED) is 0.893. The summed E-state index contributed by atoms with van der Waals surface area (Å²) in [5, 5.41) is 3.02. The number of fused-ring (bicyclic) bond motifs is 1. The Balaban J connectivity index is 1.92. The number of hydrogen-bond acceptors (Lipinski definition) is 2. The van der Waals surface area contributed by atoms with Gasteiger partial charge in [-0.05, 0) is 38.3 Å². The van der Waals surface area contributed by atoms with Crippen molar-refractivity contribution in [3.63, 3.8) is 0 Å². The zero-order valence-corrected chi connectivity index (χ0v) is 10.7. The van der Waals surface area contributed by atoms with E-state index in [0.29, 0.717) is 12.5 Å². The van der Waals surface area contributed by atoms with Crippen LogP contribution in [0.5, 0.6) is 0 Å². The maximum absolute atomic E-state index is 11.9. The second-order valence-electron chi connectivity index (χ2n) is 5.05. The van der Waals surface area contributed by atoms with Gasteiger partial charge in [0.1, 0.15) is 5.65 Å². The summed E-state index contributed by atoms with van der Waals surface area (Å²) in [5.74, 6) is 0.101. The summed E-state index contributed by atoms with van der Waals surface area (Å²) in [6, 6.07) is 4.44. The zero-order chi connectivity index (χ0) is 12.7. The van der Waals surface area contributed by atoms with E-state index >= 15 is 0 Å². The van der Waals surface area contributed by atoms with E-state index in [0.717, 1.165) is 35.4 Å². The maximum atomic E-state index is 11.9. The van der Waals surface area contributed by atoms with Crippen molar-refractivity contribution in [1.29, 1.82) is 0 Å². The summed E-state index contributed by atoms with van der Waals surface area (Å²) in [5.41, 5.74) is 4.01. The predicted octanol–water partition coefficient (Wildman–Crippen LogP) is 1.77. The van der Waals surface area contributed by atoms with Gasteiger partial charge in [0.15, 0.2) is 0 Å². The molecule has 4 heteroatoms. The maximum Gasteiger partial charge on any atom is 0.226 e. The number of amides is 1. The Bertz CT molecular complexity index is 611. The Kier molecular flexibility index (Phi) is 2.58. The minimum Gasteiger partial charge on any atom is -0.353 e. The van der Waals surface area contributed by atoms with Gasteiger partial charge in [-0.25, -0.2) is 4.98 Å². The van der Waals surface area contributed by atoms with Crippen molar-refractivity contribution in [3.8, 4) is 0 Å². The van der Waals surface area contributed by atoms with E-state index in [1.807, 2.05) is 36.6 Å². The molecule has 1 N–H and O–H groups in total. The number of imidazole rings is 1. The van der Waals surface area contributed by atoms with Crippen molar-refractivity contribution in [2.24, 2.45) is 0 Å². The van der Waals surface area contributed by atoms with Crippen molar-refractivity contribution < 1.29 is 4.79 Å². The number of nitrogens with zero attached hydrogens (tertiary/aromatic N) is 2. The molecule has 1 fully saturated rings. The molecule has 0 radical (unpaired) electrons. The molecule has 1 aliphatic rings. The van der Waals surface area contributed by atoms with Crippen LogP contribution in [0.4, 0.5) is 0 Å². The Morgan fingerprint density at radius 2 is 2.28 bits per heavy atom. The Morgan fingerprint density at radius 1 is 1.50 bits per heavy atom. The minimum absolute atomic E-state index is 0.101. The number of carbonyl (C=O) groups is 1. The summed E-state index contributed by atoms with van der Waals surface area (Å²) in [7, 11) is 0. The van der Waals surface area contributed by atoms with Crippen LogP contribution in [0, 0.1) is 13.8 Å². The van der Waals surface area contributed by atoms with Gasteiger partial charge in [-0.3, -0.25) is 4.79 Å². The van der Waals surface area contributed by atoms with Gasteiger partial charge in [0.25, 0.3) is 0 Å². The van der Waals surface area contributed by atoms with Crippen LogP contribution in [-0.2, 0) is 11.2 Å². The molecule has 1 amide bonds. The van der Waals surface area contributed by atoms with Crippen LogP contribution in [-0.4, -0.2) is 21.3 Å². The van der Waals surface area contributed by atoms with Crippen molar-refractivity contribution in [2.75, 3.05) is 0 Å². The molecular formula is C14H17N3O. The highest BCUT2D eigenvalue weighted by atomic mass is 16.1. The van der Waals surface area contributed by atoms with Gasteiger partial charge in [0.05, 0.1) is 17.8 Å². The average Bonchev–Trinajstić information content (AvgIpc) is 3.07. The van der Waals surface area contributed by atoms with E-state index < -0.39 is 0 Å². The van der Waals surface area contributed by atoms with Gasteiger partial charge in [-0.15, -0.1) is 0 Å². The molecule has 3 rings (SSSR count). The highest BCUT2D eigenvalue weighted by Gasteiger charge is 2.24. The lowest BCUT2D eigenvalue weighted by Gasteiger charge is -2.05. The molecule has 0 spiro atoms. The fourth-order valence-electron chi connectivity index (χ4n) is 2.24. The number of rotatable bonds is 3. The molecule has 4 nitrogen and oxygen atoms in total. The fraction of sp³-hybridized carbons (Fsp3) is 0.429. The van der Waals surface area contributed by atoms with Gasteiger partial charge in [-0.1, -0.05) is 6.07 Å². The van der Waals surface area contributed by atoms with Crippen LogP contribution in [0.15, 0.2) is 18.3 Å². The van der Waals surface area contributed by atoms with Crippen molar-refractivity contribution >= 4 is 11.6 Å². The highest BCUT2D eigenvalue weighted by Crippen LogP contribution is 2.20. The van der Waals surface area contributed by atoms with Crippen LogP contribution in [0.25, 0.3) is 5.65 Å². The summed E-state index contributed by atoms with van der Waals surface area (Å²) >= 11 is 0. The highest BCUT2D eigenvalue weighted by molar-refractivity contribution is 5.79. The Labute approximate surface area is 106 Å². The van der Waals surface area contributed by atoms with Crippen LogP contribution >= 0.6 is 0 Å². The first-order valence-corrected chi connectivity index (χ1v) is 6.37. The molecule has 2 aromatic heterocycles. The first-order valence-electron chi connectivity index (χ1n) is 6.37. The molecule has 0 unspecified atom stereocenters. The molecule has 18 heavy (non-hydrogen) atoms. The molecule has 0 aliphatic heterocycles. The first kappa shape index (κ1) is 11.3. The van der Waals surface area contributed by atoms with Crippen molar-refractivity contribution in [1.82, 2.24) is 14.7 Å². The summed E-state index contributed by atoms with van der Waals surface area (Å²) in [6.45, 7) is 4.00. The van der Waals surface area contributed by atoms with Gasteiger partial charge >= 0.3 is 0 Å². The lowest BCUT2D eigenvalue weighted by molar-refractivity contribution is -0.120. The number of hydrogen-bond donors (Lipinski definition) is 1. The Morgan fingerprint density at radius 3 is 3.00 bits per heavy atom. The van der Waals surface area contributed by atoms with E-state index in [4.69, 9.17) is 0 Å². The van der Waals surface area contributed by atoms with E-state index in [-0.39, 0.29) is 5.91 Å². The van der Waals surface area contributed by atoms with Crippen LogP contribution in [0.2, 0.25) is 0 Å². The molecule has 0 saturated heterocycles. The summed E-state index contributed by atoms with van der Waals surface area (Å²) in [6.07, 6.45) is 4.63. The van der Waals surface area contributed by atoms with E-state index in [9.17, 15) is 4.79 Å². The monoisotopic (exact) mass is 243 g/mol. The first-order chi connectivity index (χ1) is 8.65. The summed E-state index contributed by atoms with van der Waals surface area (Å²) < 4.78 is 2.02. The SMILES string of the molecule is Cc1nc2c(C)cccn2c1CC(=O)NC1CC1. The topological polar surface area (TPSA) is 46.4 Å². The third-order valence-electron chi connectivity index (χ3n) is 3.41. The van der Waals surface area contributed by atoms with E-state index in [2.05, 4.69) is 10.3 Å². The number of nitrogens with one attached hydrogen (secondary N) is 1. The lowest BCUT2D eigenvalue weighted by Crippen LogP contribution is -2.27. The molecule has 0 atom stereocenters. The number of carbonyl (C=O) groups excluding carboxylic acids is 1. The minimum atomic E-state index is 0.101. The largest absolute Gasteiger partial charge is 0.353 e. The third kappa shape index (κ3) is 1.98. The van der Waals surface area contributed by atoms with Gasteiger partial charge < -0.3 is 9.72 Å². The van der Waals surface area contributed by atoms with E-state index in [1.165, 1.54) is 0 Å². The fourth-order valence-corrected chi connectivity index (χ4v) is 2.24. The van der Waals surface area contributed by atoms with Crippen LogP contribution < -0.4 is 5.32 Å².